The number of hydrogen-bond acceptors (Lipinski definition) is 1. The molecule has 1 aliphatic heterocycles. The molecule has 0 unspecified atom stereocenters. The predicted molar refractivity (Wildman–Crippen MR) is 45.3 cm³/mol. The third-order valence-electron chi connectivity index (χ3n) is 1.90. The van der Waals surface area contributed by atoms with Crippen LogP contribution < -0.4 is 0 Å². The van der Waals surface area contributed by atoms with Gasteiger partial charge in [0.25, 0.3) is 0 Å². The maximum Gasteiger partial charge on any atom is 0.0174 e. The minimum atomic E-state index is 1.03. The van der Waals surface area contributed by atoms with Crippen molar-refractivity contribution in [1.29, 1.82) is 0 Å². The van der Waals surface area contributed by atoms with Gasteiger partial charge in [-0.2, -0.15) is 0 Å². The van der Waals surface area contributed by atoms with Gasteiger partial charge in [-0.1, -0.05) is 24.1 Å². The molecule has 1 nitrogen and oxygen atoms in total. The minimum absolute atomic E-state index is 1.03. The summed E-state index contributed by atoms with van der Waals surface area (Å²) in [6.45, 7) is 3.53. The number of rotatable bonds is 2. The fraction of sp³-hybridized carbons (Fsp3) is 0.750. The van der Waals surface area contributed by atoms with Crippen molar-refractivity contribution in [2.24, 2.45) is 0 Å². The molecule has 0 bridgehead atoms. The highest BCUT2D eigenvalue weighted by Gasteiger charge is 2.06. The second-order valence-corrected chi connectivity index (χ2v) is 2.97. The van der Waals surface area contributed by atoms with Gasteiger partial charge in [0.15, 0.2) is 0 Å². The van der Waals surface area contributed by atoms with E-state index in [-0.39, 0.29) is 0 Å². The molecule has 0 amide bonds. The zero-order valence-electron chi connectivity index (χ0n) is 6.22. The van der Waals surface area contributed by atoms with E-state index in [4.69, 9.17) is 11.6 Å². The summed E-state index contributed by atoms with van der Waals surface area (Å²) in [6, 6.07) is 0. The molecular formula is C8H14ClN. The summed E-state index contributed by atoms with van der Waals surface area (Å²) >= 11 is 5.41. The topological polar surface area (TPSA) is 3.24 Å². The van der Waals surface area contributed by atoms with Crippen molar-refractivity contribution in [3.8, 4) is 0 Å². The number of nitrogens with zero attached hydrogens (tertiary/aromatic N) is 1. The lowest BCUT2D eigenvalue weighted by atomic mass is 10.1. The van der Waals surface area contributed by atoms with Gasteiger partial charge in [-0.15, -0.1) is 0 Å². The Labute approximate surface area is 67.7 Å². The number of piperidine rings is 1. The molecule has 1 rings (SSSR count). The first-order chi connectivity index (χ1) is 4.93. The molecule has 10 heavy (non-hydrogen) atoms. The Morgan fingerprint density at radius 3 is 2.50 bits per heavy atom. The van der Waals surface area contributed by atoms with E-state index in [9.17, 15) is 0 Å². The number of halogens is 1. The standard InChI is InChI=1S/C8H14ClN/c9-5-4-8-10-6-2-1-3-7-10/h4-5H,1-3,6-8H2/b5-4-. The van der Waals surface area contributed by atoms with Crippen LogP contribution in [-0.2, 0) is 0 Å². The normalized spacial score (nSPS) is 22.1. The Kier molecular flexibility index (Phi) is 3.84. The van der Waals surface area contributed by atoms with Gasteiger partial charge in [0, 0.05) is 12.1 Å². The fourth-order valence-corrected chi connectivity index (χ4v) is 1.41. The first-order valence-electron chi connectivity index (χ1n) is 3.91. The second kappa shape index (κ2) is 4.75. The third kappa shape index (κ3) is 2.72. The lowest BCUT2D eigenvalue weighted by molar-refractivity contribution is 0.251. The van der Waals surface area contributed by atoms with Gasteiger partial charge in [-0.3, -0.25) is 4.90 Å². The summed E-state index contributed by atoms with van der Waals surface area (Å²) in [5, 5.41) is 0. The van der Waals surface area contributed by atoms with Gasteiger partial charge in [-0.25, -0.2) is 0 Å². The highest BCUT2D eigenvalue weighted by molar-refractivity contribution is 6.25. The Morgan fingerprint density at radius 2 is 1.90 bits per heavy atom. The summed E-state index contributed by atoms with van der Waals surface area (Å²) in [7, 11) is 0. The van der Waals surface area contributed by atoms with Crippen molar-refractivity contribution < 1.29 is 0 Å². The maximum atomic E-state index is 5.41. The molecule has 0 N–H and O–H groups in total. The Hall–Kier alpha value is -0.0100. The highest BCUT2D eigenvalue weighted by Crippen LogP contribution is 2.07. The van der Waals surface area contributed by atoms with Gasteiger partial charge < -0.3 is 0 Å². The van der Waals surface area contributed by atoms with Crippen LogP contribution in [0, 0.1) is 0 Å². The summed E-state index contributed by atoms with van der Waals surface area (Å²) < 4.78 is 0. The first kappa shape index (κ1) is 8.09. The van der Waals surface area contributed by atoms with Crippen molar-refractivity contribution in [2.75, 3.05) is 19.6 Å². The molecule has 2 heteroatoms. The predicted octanol–water partition coefficient (Wildman–Crippen LogP) is 2.22. The van der Waals surface area contributed by atoms with Crippen molar-refractivity contribution in [3.63, 3.8) is 0 Å². The van der Waals surface area contributed by atoms with Crippen LogP contribution in [0.1, 0.15) is 19.3 Å². The van der Waals surface area contributed by atoms with E-state index < -0.39 is 0 Å². The van der Waals surface area contributed by atoms with E-state index in [1.54, 1.807) is 5.54 Å². The monoisotopic (exact) mass is 159 g/mol. The molecule has 1 fully saturated rings. The average Bonchev–Trinajstić information content (AvgIpc) is 2.03. The molecule has 0 aliphatic carbocycles. The molecule has 1 saturated heterocycles. The molecular weight excluding hydrogens is 146 g/mol. The van der Waals surface area contributed by atoms with E-state index in [0.717, 1.165) is 6.54 Å². The smallest absolute Gasteiger partial charge is 0.0174 e. The van der Waals surface area contributed by atoms with Gasteiger partial charge in [0.2, 0.25) is 0 Å². The van der Waals surface area contributed by atoms with E-state index in [0.29, 0.717) is 0 Å². The second-order valence-electron chi connectivity index (χ2n) is 2.72. The molecule has 1 aliphatic rings. The largest absolute Gasteiger partial charge is 0.300 e. The maximum absolute atomic E-state index is 5.41. The molecule has 0 aromatic carbocycles. The van der Waals surface area contributed by atoms with Crippen LogP contribution in [0.25, 0.3) is 0 Å². The number of likely N-dealkylation sites (tertiary alicyclic amines) is 1. The quantitative estimate of drug-likeness (QED) is 0.598. The summed E-state index contributed by atoms with van der Waals surface area (Å²) in [6.07, 6.45) is 6.13. The third-order valence-corrected chi connectivity index (χ3v) is 2.08. The first-order valence-corrected chi connectivity index (χ1v) is 4.34. The van der Waals surface area contributed by atoms with Crippen molar-refractivity contribution in [2.45, 2.75) is 19.3 Å². The summed E-state index contributed by atoms with van der Waals surface area (Å²) in [4.78, 5) is 2.43. The Morgan fingerprint density at radius 1 is 1.20 bits per heavy atom. The van der Waals surface area contributed by atoms with Gasteiger partial charge in [0.05, 0.1) is 0 Å². The molecule has 0 spiro atoms. The van der Waals surface area contributed by atoms with Crippen molar-refractivity contribution in [1.82, 2.24) is 4.90 Å². The van der Waals surface area contributed by atoms with E-state index >= 15 is 0 Å². The molecule has 1 heterocycles. The van der Waals surface area contributed by atoms with Crippen LogP contribution in [0.5, 0.6) is 0 Å². The molecule has 0 atom stereocenters. The molecule has 0 aromatic rings. The minimum Gasteiger partial charge on any atom is -0.300 e. The SMILES string of the molecule is Cl/C=C\CN1CCCCC1. The van der Waals surface area contributed by atoms with Crippen LogP contribution in [-0.4, -0.2) is 24.5 Å². The van der Waals surface area contributed by atoms with Gasteiger partial charge in [-0.05, 0) is 25.9 Å². The zero-order valence-corrected chi connectivity index (χ0v) is 6.98. The highest BCUT2D eigenvalue weighted by atomic mass is 35.5. The van der Waals surface area contributed by atoms with Crippen molar-refractivity contribution >= 4 is 11.6 Å². The van der Waals surface area contributed by atoms with Gasteiger partial charge in [0.1, 0.15) is 0 Å². The Balaban J connectivity index is 2.13. The van der Waals surface area contributed by atoms with Crippen molar-refractivity contribution in [3.05, 3.63) is 11.6 Å². The van der Waals surface area contributed by atoms with Gasteiger partial charge >= 0.3 is 0 Å². The zero-order chi connectivity index (χ0) is 7.23. The van der Waals surface area contributed by atoms with Crippen LogP contribution in [0.3, 0.4) is 0 Å². The molecule has 0 radical (unpaired) electrons. The molecule has 58 valence electrons. The molecule has 0 aromatic heterocycles. The molecule has 0 saturated carbocycles. The lowest BCUT2D eigenvalue weighted by Crippen LogP contribution is -2.29. The van der Waals surface area contributed by atoms with Crippen LogP contribution in [0.2, 0.25) is 0 Å². The Bertz CT molecular complexity index is 106. The van der Waals surface area contributed by atoms with Crippen LogP contribution in [0.15, 0.2) is 11.6 Å². The summed E-state index contributed by atoms with van der Waals surface area (Å²) in [5.41, 5.74) is 1.61. The van der Waals surface area contributed by atoms with Crippen LogP contribution in [0.4, 0.5) is 0 Å². The van der Waals surface area contributed by atoms with E-state index in [1.165, 1.54) is 32.4 Å². The van der Waals surface area contributed by atoms with E-state index in [2.05, 4.69) is 4.90 Å². The lowest BCUT2D eigenvalue weighted by Gasteiger charge is -2.24. The summed E-state index contributed by atoms with van der Waals surface area (Å²) in [5.74, 6) is 0. The fourth-order valence-electron chi connectivity index (χ4n) is 1.33. The average molecular weight is 160 g/mol. The van der Waals surface area contributed by atoms with Crippen LogP contribution >= 0.6 is 11.6 Å². The van der Waals surface area contributed by atoms with E-state index in [1.807, 2.05) is 6.08 Å². The number of hydrogen-bond donors (Lipinski definition) is 0.